The van der Waals surface area contributed by atoms with Crippen LogP contribution in [0.1, 0.15) is 37.0 Å². The second-order valence-electron chi connectivity index (χ2n) is 7.31. The van der Waals surface area contributed by atoms with Crippen molar-refractivity contribution in [2.75, 3.05) is 19.6 Å². The number of rotatable bonds is 4. The van der Waals surface area contributed by atoms with Crippen molar-refractivity contribution in [2.45, 2.75) is 26.7 Å². The molecular weight excluding hydrogens is 312 g/mol. The molecule has 0 spiro atoms. The van der Waals surface area contributed by atoms with Gasteiger partial charge in [0.15, 0.2) is 0 Å². The highest BCUT2D eigenvalue weighted by Gasteiger charge is 2.25. The number of likely N-dealkylation sites (tertiary alicyclic amines) is 1. The molecule has 1 heterocycles. The summed E-state index contributed by atoms with van der Waals surface area (Å²) in [6, 6.07) is 13.6. The average Bonchev–Trinajstić information content (AvgIpc) is 2.60. The zero-order chi connectivity index (χ0) is 17.8. The second-order valence-corrected chi connectivity index (χ2v) is 7.31. The summed E-state index contributed by atoms with van der Waals surface area (Å²) in [5.74, 6) is 1.12. The minimum Gasteiger partial charge on any atom is -0.352 e. The van der Waals surface area contributed by atoms with Gasteiger partial charge in [-0.15, -0.1) is 0 Å². The number of nitrogens with one attached hydrogen (secondary N) is 1. The molecule has 25 heavy (non-hydrogen) atoms. The van der Waals surface area contributed by atoms with Crippen LogP contribution in [0.4, 0.5) is 0 Å². The third-order valence-electron chi connectivity index (χ3n) is 4.86. The zero-order valence-corrected chi connectivity index (χ0v) is 15.0. The Kier molecular flexibility index (Phi) is 5.37. The van der Waals surface area contributed by atoms with Crippen molar-refractivity contribution in [2.24, 2.45) is 11.8 Å². The largest absolute Gasteiger partial charge is 0.352 e. The first-order valence-corrected chi connectivity index (χ1v) is 9.07. The van der Waals surface area contributed by atoms with Gasteiger partial charge < -0.3 is 10.2 Å². The standard InChI is InChI=1S/C21H26N2O2/c1-15-11-16(2)14-23(13-15)20(24)9-10-22-21(25)19-8-7-17-5-3-4-6-18(17)12-19/h3-8,12,15-16H,9-11,13-14H2,1-2H3,(H,22,25). The van der Waals surface area contributed by atoms with Crippen LogP contribution in [0.15, 0.2) is 42.5 Å². The van der Waals surface area contributed by atoms with Crippen LogP contribution in [-0.4, -0.2) is 36.3 Å². The number of carbonyl (C=O) groups excluding carboxylic acids is 2. The lowest BCUT2D eigenvalue weighted by molar-refractivity contribution is -0.133. The summed E-state index contributed by atoms with van der Waals surface area (Å²) in [6.07, 6.45) is 1.54. The fourth-order valence-corrected chi connectivity index (χ4v) is 3.74. The van der Waals surface area contributed by atoms with E-state index < -0.39 is 0 Å². The number of amides is 2. The summed E-state index contributed by atoms with van der Waals surface area (Å²) in [5.41, 5.74) is 0.631. The van der Waals surface area contributed by atoms with Crippen molar-refractivity contribution < 1.29 is 9.59 Å². The van der Waals surface area contributed by atoms with E-state index in [0.29, 0.717) is 30.4 Å². The van der Waals surface area contributed by atoms with E-state index in [-0.39, 0.29) is 11.8 Å². The SMILES string of the molecule is CC1CC(C)CN(C(=O)CCNC(=O)c2ccc3ccccc3c2)C1. The maximum atomic E-state index is 12.4. The van der Waals surface area contributed by atoms with Gasteiger partial charge in [-0.2, -0.15) is 0 Å². The van der Waals surface area contributed by atoms with E-state index in [1.807, 2.05) is 47.4 Å². The van der Waals surface area contributed by atoms with Crippen LogP contribution in [-0.2, 0) is 4.79 Å². The lowest BCUT2D eigenvalue weighted by Gasteiger charge is -2.35. The Balaban J connectivity index is 1.52. The minimum atomic E-state index is -0.126. The number of fused-ring (bicyclic) bond motifs is 1. The Morgan fingerprint density at radius 2 is 1.72 bits per heavy atom. The molecule has 0 saturated carbocycles. The molecular formula is C21H26N2O2. The van der Waals surface area contributed by atoms with Gasteiger partial charge in [0.1, 0.15) is 0 Å². The van der Waals surface area contributed by atoms with E-state index in [2.05, 4.69) is 19.2 Å². The van der Waals surface area contributed by atoms with E-state index in [1.165, 1.54) is 6.42 Å². The van der Waals surface area contributed by atoms with Crippen molar-refractivity contribution in [3.05, 3.63) is 48.0 Å². The van der Waals surface area contributed by atoms with Crippen LogP contribution >= 0.6 is 0 Å². The average molecular weight is 338 g/mol. The topological polar surface area (TPSA) is 49.4 Å². The van der Waals surface area contributed by atoms with Crippen LogP contribution in [0, 0.1) is 11.8 Å². The maximum Gasteiger partial charge on any atom is 0.251 e. The summed E-state index contributed by atoms with van der Waals surface area (Å²) in [5, 5.41) is 5.03. The van der Waals surface area contributed by atoms with Crippen LogP contribution in [0.25, 0.3) is 10.8 Å². The van der Waals surface area contributed by atoms with E-state index in [0.717, 1.165) is 23.9 Å². The lowest BCUT2D eigenvalue weighted by Crippen LogP contribution is -2.43. The fourth-order valence-electron chi connectivity index (χ4n) is 3.74. The molecule has 0 aliphatic carbocycles. The van der Waals surface area contributed by atoms with Gasteiger partial charge in [-0.3, -0.25) is 9.59 Å². The minimum absolute atomic E-state index is 0.126. The molecule has 2 amide bonds. The molecule has 0 bridgehead atoms. The van der Waals surface area contributed by atoms with Crippen molar-refractivity contribution >= 4 is 22.6 Å². The molecule has 2 aromatic carbocycles. The Hall–Kier alpha value is -2.36. The van der Waals surface area contributed by atoms with Crippen LogP contribution in [0.3, 0.4) is 0 Å². The van der Waals surface area contributed by atoms with Gasteiger partial charge in [-0.05, 0) is 41.2 Å². The highest BCUT2D eigenvalue weighted by atomic mass is 16.2. The van der Waals surface area contributed by atoms with Gasteiger partial charge in [0.25, 0.3) is 5.91 Å². The Morgan fingerprint density at radius 1 is 1.04 bits per heavy atom. The van der Waals surface area contributed by atoms with E-state index >= 15 is 0 Å². The Bertz CT molecular complexity index is 761. The number of benzene rings is 2. The van der Waals surface area contributed by atoms with Gasteiger partial charge >= 0.3 is 0 Å². The second kappa shape index (κ2) is 7.68. The summed E-state index contributed by atoms with van der Waals surface area (Å²) >= 11 is 0. The summed E-state index contributed by atoms with van der Waals surface area (Å²) in [7, 11) is 0. The van der Waals surface area contributed by atoms with Crippen molar-refractivity contribution in [1.29, 1.82) is 0 Å². The van der Waals surface area contributed by atoms with Gasteiger partial charge in [0, 0.05) is 31.6 Å². The molecule has 2 aromatic rings. The van der Waals surface area contributed by atoms with E-state index in [4.69, 9.17) is 0 Å². The van der Waals surface area contributed by atoms with Crippen LogP contribution in [0.5, 0.6) is 0 Å². The normalized spacial score (nSPS) is 20.5. The van der Waals surface area contributed by atoms with Crippen LogP contribution < -0.4 is 5.32 Å². The third-order valence-corrected chi connectivity index (χ3v) is 4.86. The molecule has 1 aliphatic rings. The molecule has 2 unspecified atom stereocenters. The smallest absolute Gasteiger partial charge is 0.251 e. The first kappa shape index (κ1) is 17.5. The van der Waals surface area contributed by atoms with Crippen molar-refractivity contribution in [3.8, 4) is 0 Å². The molecule has 1 fully saturated rings. The monoisotopic (exact) mass is 338 g/mol. The molecule has 2 atom stereocenters. The first-order valence-electron chi connectivity index (χ1n) is 9.07. The van der Waals surface area contributed by atoms with Gasteiger partial charge in [0.2, 0.25) is 5.91 Å². The molecule has 0 radical (unpaired) electrons. The number of carbonyl (C=O) groups is 2. The summed E-state index contributed by atoms with van der Waals surface area (Å²) in [6.45, 7) is 6.43. The Morgan fingerprint density at radius 3 is 2.44 bits per heavy atom. The first-order chi connectivity index (χ1) is 12.0. The third kappa shape index (κ3) is 4.38. The van der Waals surface area contributed by atoms with E-state index in [9.17, 15) is 9.59 Å². The van der Waals surface area contributed by atoms with Gasteiger partial charge in [-0.1, -0.05) is 44.2 Å². The number of nitrogens with zero attached hydrogens (tertiary/aromatic N) is 1. The molecule has 1 saturated heterocycles. The zero-order valence-electron chi connectivity index (χ0n) is 15.0. The van der Waals surface area contributed by atoms with Gasteiger partial charge in [0.05, 0.1) is 0 Å². The van der Waals surface area contributed by atoms with E-state index in [1.54, 1.807) is 0 Å². The summed E-state index contributed by atoms with van der Waals surface area (Å²) < 4.78 is 0. The summed E-state index contributed by atoms with van der Waals surface area (Å²) in [4.78, 5) is 26.6. The quantitative estimate of drug-likeness (QED) is 0.928. The number of piperidine rings is 1. The molecule has 1 aliphatic heterocycles. The molecule has 0 aromatic heterocycles. The maximum absolute atomic E-state index is 12.4. The Labute approximate surface area is 149 Å². The molecule has 3 rings (SSSR count). The van der Waals surface area contributed by atoms with Crippen molar-refractivity contribution in [1.82, 2.24) is 10.2 Å². The van der Waals surface area contributed by atoms with Crippen molar-refractivity contribution in [3.63, 3.8) is 0 Å². The molecule has 4 heteroatoms. The fraction of sp³-hybridized carbons (Fsp3) is 0.429. The lowest BCUT2D eigenvalue weighted by atomic mass is 9.92. The molecule has 1 N–H and O–H groups in total. The molecule has 132 valence electrons. The van der Waals surface area contributed by atoms with Crippen LogP contribution in [0.2, 0.25) is 0 Å². The highest BCUT2D eigenvalue weighted by molar-refractivity contribution is 5.98. The number of hydrogen-bond acceptors (Lipinski definition) is 2. The predicted molar refractivity (Wildman–Crippen MR) is 100 cm³/mol. The number of hydrogen-bond donors (Lipinski definition) is 1. The molecule has 4 nitrogen and oxygen atoms in total. The highest BCUT2D eigenvalue weighted by Crippen LogP contribution is 2.21. The predicted octanol–water partition coefficient (Wildman–Crippen LogP) is 3.46. The van der Waals surface area contributed by atoms with Gasteiger partial charge in [-0.25, -0.2) is 0 Å².